The lowest BCUT2D eigenvalue weighted by Gasteiger charge is -2.08. The quantitative estimate of drug-likeness (QED) is 0.533. The van der Waals surface area contributed by atoms with Gasteiger partial charge in [-0.15, -0.1) is 0 Å². The largest absolute Gasteiger partial charge is 0.491 e. The van der Waals surface area contributed by atoms with Crippen LogP contribution in [-0.2, 0) is 14.3 Å². The number of carbonyl (C=O) groups excluding carboxylic acids is 2. The highest BCUT2D eigenvalue weighted by molar-refractivity contribution is 5.88. The van der Waals surface area contributed by atoms with Gasteiger partial charge in [-0.2, -0.15) is 13.2 Å². The fourth-order valence-corrected chi connectivity index (χ4v) is 1.65. The monoisotopic (exact) mass is 224 g/mol. The van der Waals surface area contributed by atoms with Crippen molar-refractivity contribution in [3.63, 3.8) is 0 Å². The van der Waals surface area contributed by atoms with Gasteiger partial charge in [-0.05, 0) is 18.8 Å². The van der Waals surface area contributed by atoms with Crippen LogP contribution in [0.15, 0.2) is 0 Å². The van der Waals surface area contributed by atoms with Gasteiger partial charge < -0.3 is 4.74 Å². The molecule has 1 saturated carbocycles. The van der Waals surface area contributed by atoms with Crippen molar-refractivity contribution in [1.29, 1.82) is 0 Å². The number of alkyl halides is 3. The molecule has 1 fully saturated rings. The molecule has 6 heteroatoms. The summed E-state index contributed by atoms with van der Waals surface area (Å²) in [5.74, 6) is -3.44. The van der Waals surface area contributed by atoms with Crippen LogP contribution in [0.5, 0.6) is 0 Å². The van der Waals surface area contributed by atoms with Gasteiger partial charge in [-0.1, -0.05) is 12.8 Å². The number of hydrogen-bond acceptors (Lipinski definition) is 3. The minimum absolute atomic E-state index is 0.0681. The zero-order valence-electron chi connectivity index (χ0n) is 7.97. The second kappa shape index (κ2) is 4.63. The molecular formula is C9H11F3O3. The fraction of sp³-hybridized carbons (Fsp3) is 0.778. The van der Waals surface area contributed by atoms with Gasteiger partial charge in [0.15, 0.2) is 0 Å². The maximum atomic E-state index is 11.7. The lowest BCUT2D eigenvalue weighted by atomic mass is 10.0. The Hall–Kier alpha value is -1.07. The summed E-state index contributed by atoms with van der Waals surface area (Å²) in [5, 5.41) is 0. The van der Waals surface area contributed by atoms with Gasteiger partial charge in [-0.25, -0.2) is 4.79 Å². The van der Waals surface area contributed by atoms with Crippen molar-refractivity contribution in [2.45, 2.75) is 38.3 Å². The minimum Gasteiger partial charge on any atom is -0.386 e. The van der Waals surface area contributed by atoms with E-state index in [-0.39, 0.29) is 12.3 Å². The summed E-state index contributed by atoms with van der Waals surface area (Å²) in [6.07, 6.45) is -1.60. The maximum Gasteiger partial charge on any atom is 0.491 e. The van der Waals surface area contributed by atoms with E-state index in [2.05, 4.69) is 4.74 Å². The van der Waals surface area contributed by atoms with E-state index >= 15 is 0 Å². The Kier molecular flexibility index (Phi) is 3.71. The molecule has 0 bridgehead atoms. The van der Waals surface area contributed by atoms with Crippen LogP contribution in [0.4, 0.5) is 13.2 Å². The average molecular weight is 224 g/mol. The molecule has 0 N–H and O–H groups in total. The summed E-state index contributed by atoms with van der Waals surface area (Å²) in [5.41, 5.74) is 0. The summed E-state index contributed by atoms with van der Waals surface area (Å²) in [6, 6.07) is 0. The van der Waals surface area contributed by atoms with Crippen molar-refractivity contribution in [2.24, 2.45) is 5.92 Å². The molecule has 0 aromatic heterocycles. The van der Waals surface area contributed by atoms with Crippen LogP contribution in [0.1, 0.15) is 32.1 Å². The van der Waals surface area contributed by atoms with E-state index < -0.39 is 18.1 Å². The van der Waals surface area contributed by atoms with Crippen LogP contribution in [0.25, 0.3) is 0 Å². The lowest BCUT2D eigenvalue weighted by molar-refractivity contribution is -0.202. The van der Waals surface area contributed by atoms with Gasteiger partial charge in [0, 0.05) is 6.42 Å². The van der Waals surface area contributed by atoms with Crippen molar-refractivity contribution >= 4 is 11.9 Å². The highest BCUT2D eigenvalue weighted by Crippen LogP contribution is 2.28. The highest BCUT2D eigenvalue weighted by Gasteiger charge is 2.42. The van der Waals surface area contributed by atoms with Crippen molar-refractivity contribution < 1.29 is 27.5 Å². The first kappa shape index (κ1) is 12.0. The van der Waals surface area contributed by atoms with Crippen LogP contribution in [0, 0.1) is 5.92 Å². The Morgan fingerprint density at radius 3 is 2.20 bits per heavy atom. The number of esters is 2. The third kappa shape index (κ3) is 3.89. The first-order valence-corrected chi connectivity index (χ1v) is 4.71. The van der Waals surface area contributed by atoms with Crippen LogP contribution < -0.4 is 0 Å². The molecule has 86 valence electrons. The zero-order chi connectivity index (χ0) is 11.5. The molecule has 0 radical (unpaired) electrons. The third-order valence-electron chi connectivity index (χ3n) is 2.37. The van der Waals surface area contributed by atoms with Gasteiger partial charge in [0.05, 0.1) is 0 Å². The van der Waals surface area contributed by atoms with E-state index in [4.69, 9.17) is 0 Å². The molecule has 0 aliphatic heterocycles. The predicted octanol–water partition coefficient (Wildman–Crippen LogP) is 2.20. The van der Waals surface area contributed by atoms with E-state index in [1.54, 1.807) is 0 Å². The maximum absolute atomic E-state index is 11.7. The van der Waals surface area contributed by atoms with Gasteiger partial charge in [0.1, 0.15) is 0 Å². The highest BCUT2D eigenvalue weighted by atomic mass is 19.4. The number of ether oxygens (including phenoxy) is 1. The fourth-order valence-electron chi connectivity index (χ4n) is 1.65. The average Bonchev–Trinajstić information content (AvgIpc) is 2.54. The second-order valence-electron chi connectivity index (χ2n) is 3.61. The van der Waals surface area contributed by atoms with E-state index in [1.807, 2.05) is 0 Å². The molecule has 3 nitrogen and oxygen atoms in total. The van der Waals surface area contributed by atoms with E-state index in [1.165, 1.54) is 0 Å². The van der Waals surface area contributed by atoms with Crippen molar-refractivity contribution in [3.8, 4) is 0 Å². The van der Waals surface area contributed by atoms with Crippen LogP contribution in [0.2, 0.25) is 0 Å². The van der Waals surface area contributed by atoms with Crippen LogP contribution in [0.3, 0.4) is 0 Å². The van der Waals surface area contributed by atoms with Crippen molar-refractivity contribution in [1.82, 2.24) is 0 Å². The normalized spacial score (nSPS) is 17.8. The standard InChI is InChI=1S/C9H11F3O3/c10-9(11,12)8(14)15-7(13)5-6-3-1-2-4-6/h6H,1-5H2. The lowest BCUT2D eigenvalue weighted by Crippen LogP contribution is -2.28. The molecule has 0 atom stereocenters. The SMILES string of the molecule is O=C(CC1CCCC1)OC(=O)C(F)(F)F. The van der Waals surface area contributed by atoms with Crippen molar-refractivity contribution in [3.05, 3.63) is 0 Å². The third-order valence-corrected chi connectivity index (χ3v) is 2.37. The minimum atomic E-state index is -5.09. The van der Waals surface area contributed by atoms with Gasteiger partial charge in [-0.3, -0.25) is 4.79 Å². The number of hydrogen-bond donors (Lipinski definition) is 0. The van der Waals surface area contributed by atoms with Crippen LogP contribution in [-0.4, -0.2) is 18.1 Å². The van der Waals surface area contributed by atoms with Gasteiger partial charge in [0.2, 0.25) is 0 Å². The Labute approximate surface area is 84.6 Å². The second-order valence-corrected chi connectivity index (χ2v) is 3.61. The molecule has 0 heterocycles. The molecule has 1 aliphatic rings. The van der Waals surface area contributed by atoms with Gasteiger partial charge in [0.25, 0.3) is 0 Å². The number of carbonyl (C=O) groups is 2. The Morgan fingerprint density at radius 1 is 1.20 bits per heavy atom. The first-order chi connectivity index (χ1) is 6.89. The van der Waals surface area contributed by atoms with E-state index in [0.717, 1.165) is 25.7 Å². The predicted molar refractivity (Wildman–Crippen MR) is 43.7 cm³/mol. The Bertz CT molecular complexity index is 254. The summed E-state index contributed by atoms with van der Waals surface area (Å²) in [6.45, 7) is 0. The van der Waals surface area contributed by atoms with E-state index in [0.29, 0.717) is 0 Å². The molecule has 0 aromatic carbocycles. The molecule has 0 saturated heterocycles. The Morgan fingerprint density at radius 2 is 1.73 bits per heavy atom. The van der Waals surface area contributed by atoms with Gasteiger partial charge >= 0.3 is 18.1 Å². The van der Waals surface area contributed by atoms with E-state index in [9.17, 15) is 22.8 Å². The van der Waals surface area contributed by atoms with Crippen LogP contribution >= 0.6 is 0 Å². The molecule has 0 amide bonds. The summed E-state index contributed by atoms with van der Waals surface area (Å²) < 4.78 is 38.8. The molecule has 0 unspecified atom stereocenters. The number of halogens is 3. The summed E-state index contributed by atoms with van der Waals surface area (Å²) >= 11 is 0. The molecule has 15 heavy (non-hydrogen) atoms. The molecular weight excluding hydrogens is 213 g/mol. The molecule has 1 aliphatic carbocycles. The summed E-state index contributed by atoms with van der Waals surface area (Å²) in [7, 11) is 0. The summed E-state index contributed by atoms with van der Waals surface area (Å²) in [4.78, 5) is 21.2. The topological polar surface area (TPSA) is 43.4 Å². The molecule has 0 spiro atoms. The number of rotatable bonds is 2. The van der Waals surface area contributed by atoms with Crippen molar-refractivity contribution in [2.75, 3.05) is 0 Å². The Balaban J connectivity index is 2.32. The first-order valence-electron chi connectivity index (χ1n) is 4.71. The smallest absolute Gasteiger partial charge is 0.386 e. The molecule has 0 aromatic rings. The zero-order valence-corrected chi connectivity index (χ0v) is 7.97. The molecule has 1 rings (SSSR count).